The third-order valence-corrected chi connectivity index (χ3v) is 6.96. The van der Waals surface area contributed by atoms with Crippen LogP contribution in [0.1, 0.15) is 45.7 Å². The number of halogens is 4. The lowest BCUT2D eigenvalue weighted by molar-refractivity contribution is -0.134. The second-order valence-corrected chi connectivity index (χ2v) is 9.78. The number of benzene rings is 2. The molecule has 0 unspecified atom stereocenters. The highest BCUT2D eigenvalue weighted by Gasteiger charge is 2.29. The molecule has 1 aliphatic rings. The van der Waals surface area contributed by atoms with Crippen molar-refractivity contribution in [1.82, 2.24) is 15.6 Å². The van der Waals surface area contributed by atoms with Crippen molar-refractivity contribution in [2.24, 2.45) is 0 Å². The molecule has 1 aliphatic heterocycles. The molecular formula is C30H27F4N3O4. The summed E-state index contributed by atoms with van der Waals surface area (Å²) in [5, 5.41) is 5.80. The summed E-state index contributed by atoms with van der Waals surface area (Å²) in [6.45, 7) is 1.11. The van der Waals surface area contributed by atoms with E-state index in [0.29, 0.717) is 48.3 Å². The van der Waals surface area contributed by atoms with E-state index in [-0.39, 0.29) is 40.1 Å². The van der Waals surface area contributed by atoms with E-state index in [1.165, 1.54) is 31.3 Å². The first-order valence-corrected chi connectivity index (χ1v) is 13.1. The van der Waals surface area contributed by atoms with Crippen LogP contribution in [-0.2, 0) is 11.2 Å². The zero-order valence-corrected chi connectivity index (χ0v) is 22.1. The van der Waals surface area contributed by atoms with Gasteiger partial charge in [0.25, 0.3) is 11.8 Å². The lowest BCUT2D eigenvalue weighted by Crippen LogP contribution is -2.38. The molecule has 5 rings (SSSR count). The van der Waals surface area contributed by atoms with Crippen molar-refractivity contribution in [3.63, 3.8) is 0 Å². The number of hydrogen-bond acceptors (Lipinski definition) is 5. The first kappa shape index (κ1) is 28.3. The molecule has 0 spiro atoms. The fourth-order valence-electron chi connectivity index (χ4n) is 4.85. The molecule has 214 valence electrons. The topological polar surface area (TPSA) is 93.5 Å². The highest BCUT2D eigenvalue weighted by molar-refractivity contribution is 6.11. The van der Waals surface area contributed by atoms with Gasteiger partial charge in [0.05, 0.1) is 16.6 Å². The molecule has 0 atom stereocenters. The average Bonchev–Trinajstić information content (AvgIpc) is 3.34. The monoisotopic (exact) mass is 569 g/mol. The van der Waals surface area contributed by atoms with Gasteiger partial charge in [-0.15, -0.1) is 0 Å². The third-order valence-electron chi connectivity index (χ3n) is 6.96. The summed E-state index contributed by atoms with van der Waals surface area (Å²) in [6, 6.07) is 13.3. The summed E-state index contributed by atoms with van der Waals surface area (Å²) in [7, 11) is 1.43. The highest BCUT2D eigenvalue weighted by Crippen LogP contribution is 2.37. The van der Waals surface area contributed by atoms with Gasteiger partial charge in [0.2, 0.25) is 5.71 Å². The molecule has 11 heteroatoms. The number of fused-ring (bicyclic) bond motifs is 1. The maximum atomic E-state index is 13.6. The first-order valence-electron chi connectivity index (χ1n) is 13.1. The Kier molecular flexibility index (Phi) is 8.07. The first-order chi connectivity index (χ1) is 19.6. The number of alkyl halides is 3. The van der Waals surface area contributed by atoms with Crippen LogP contribution in [0.25, 0.3) is 33.6 Å². The fourth-order valence-corrected chi connectivity index (χ4v) is 4.85. The Morgan fingerprint density at radius 2 is 1.73 bits per heavy atom. The summed E-state index contributed by atoms with van der Waals surface area (Å²) >= 11 is 0. The number of ether oxygens (including phenoxy) is 1. The molecule has 4 aromatic rings. The van der Waals surface area contributed by atoms with Crippen molar-refractivity contribution >= 4 is 22.9 Å². The molecule has 2 N–H and O–H groups in total. The van der Waals surface area contributed by atoms with Gasteiger partial charge < -0.3 is 19.8 Å². The minimum atomic E-state index is -4.44. The average molecular weight is 570 g/mol. The van der Waals surface area contributed by atoms with Crippen LogP contribution in [-0.4, -0.2) is 49.3 Å². The number of carbonyl (C=O) groups excluding carboxylic acids is 2. The number of carbonyl (C=O) groups is 2. The molecular weight excluding hydrogens is 542 g/mol. The number of nitrogens with one attached hydrogen (secondary N) is 2. The number of rotatable bonds is 7. The minimum absolute atomic E-state index is 0.0303. The second kappa shape index (κ2) is 11.7. The van der Waals surface area contributed by atoms with E-state index in [9.17, 15) is 27.2 Å². The zero-order valence-electron chi connectivity index (χ0n) is 22.1. The van der Waals surface area contributed by atoms with E-state index in [4.69, 9.17) is 9.15 Å². The Balaban J connectivity index is 1.62. The third kappa shape index (κ3) is 6.40. The highest BCUT2D eigenvalue weighted by atomic mass is 19.4. The molecule has 1 fully saturated rings. The van der Waals surface area contributed by atoms with Gasteiger partial charge in [0.1, 0.15) is 11.6 Å². The Morgan fingerprint density at radius 1 is 1.00 bits per heavy atom. The number of aromatic nitrogens is 1. The van der Waals surface area contributed by atoms with Gasteiger partial charge in [-0.3, -0.25) is 9.59 Å². The summed E-state index contributed by atoms with van der Waals surface area (Å²) in [6.07, 6.45) is -4.64. The van der Waals surface area contributed by atoms with E-state index in [0.717, 1.165) is 0 Å². The standard InChI is InChI=1S/C30H27F4N3O4/c1-35-28(39)25-23-16-22(18-3-2-4-19(15-18)27(38)36-21-10-13-40-14-11-21)24(9-12-30(32,33)34)37-29(23)41-26(25)17-5-7-20(31)8-6-17/h2-8,15-16,21H,9-14H2,1H3,(H,35,39)(H,36,38). The summed E-state index contributed by atoms with van der Waals surface area (Å²) in [5.74, 6) is -1.20. The van der Waals surface area contributed by atoms with Crippen LogP contribution in [0.3, 0.4) is 0 Å². The summed E-state index contributed by atoms with van der Waals surface area (Å²) in [5.41, 5.74) is 1.70. The summed E-state index contributed by atoms with van der Waals surface area (Å²) in [4.78, 5) is 30.4. The van der Waals surface area contributed by atoms with Gasteiger partial charge in [0.15, 0.2) is 0 Å². The second-order valence-electron chi connectivity index (χ2n) is 9.78. The van der Waals surface area contributed by atoms with Gasteiger partial charge in [-0.25, -0.2) is 9.37 Å². The summed E-state index contributed by atoms with van der Waals surface area (Å²) < 4.78 is 64.6. The lowest BCUT2D eigenvalue weighted by Gasteiger charge is -2.23. The van der Waals surface area contributed by atoms with Crippen molar-refractivity contribution in [3.05, 3.63) is 77.2 Å². The maximum Gasteiger partial charge on any atom is 0.389 e. The van der Waals surface area contributed by atoms with Crippen molar-refractivity contribution in [2.75, 3.05) is 20.3 Å². The van der Waals surface area contributed by atoms with Crippen LogP contribution in [0.4, 0.5) is 17.6 Å². The molecule has 41 heavy (non-hydrogen) atoms. The minimum Gasteiger partial charge on any atom is -0.437 e. The van der Waals surface area contributed by atoms with Crippen LogP contribution in [0.15, 0.2) is 59.0 Å². The molecule has 0 bridgehead atoms. The van der Waals surface area contributed by atoms with Crippen molar-refractivity contribution in [3.8, 4) is 22.5 Å². The SMILES string of the molecule is CNC(=O)c1c(-c2ccc(F)cc2)oc2nc(CCC(F)(F)F)c(-c3cccc(C(=O)NC4CCOCC4)c3)cc12. The number of amides is 2. The molecule has 1 saturated heterocycles. The Labute approximate surface area is 232 Å². The van der Waals surface area contributed by atoms with Crippen LogP contribution < -0.4 is 10.6 Å². The van der Waals surface area contributed by atoms with Crippen LogP contribution >= 0.6 is 0 Å². The van der Waals surface area contributed by atoms with Gasteiger partial charge >= 0.3 is 6.18 Å². The number of hydrogen-bond donors (Lipinski definition) is 2. The van der Waals surface area contributed by atoms with E-state index in [1.807, 2.05) is 0 Å². The van der Waals surface area contributed by atoms with Gasteiger partial charge in [-0.2, -0.15) is 13.2 Å². The van der Waals surface area contributed by atoms with E-state index in [2.05, 4.69) is 15.6 Å². The van der Waals surface area contributed by atoms with Gasteiger partial charge in [0, 0.05) is 49.4 Å². The van der Waals surface area contributed by atoms with Gasteiger partial charge in [-0.1, -0.05) is 12.1 Å². The molecule has 0 radical (unpaired) electrons. The van der Waals surface area contributed by atoms with Crippen LogP contribution in [0.5, 0.6) is 0 Å². The molecule has 3 heterocycles. The Morgan fingerprint density at radius 3 is 2.41 bits per heavy atom. The maximum absolute atomic E-state index is 13.6. The normalized spacial score (nSPS) is 14.3. The predicted octanol–water partition coefficient (Wildman–Crippen LogP) is 6.06. The predicted molar refractivity (Wildman–Crippen MR) is 144 cm³/mol. The van der Waals surface area contributed by atoms with Crippen LogP contribution in [0, 0.1) is 5.82 Å². The molecule has 0 aliphatic carbocycles. The number of pyridine rings is 1. The van der Waals surface area contributed by atoms with Crippen molar-refractivity contribution in [1.29, 1.82) is 0 Å². The largest absolute Gasteiger partial charge is 0.437 e. The Bertz CT molecular complexity index is 1580. The fraction of sp³-hybridized carbons (Fsp3) is 0.300. The van der Waals surface area contributed by atoms with E-state index in [1.54, 1.807) is 30.3 Å². The zero-order chi connectivity index (χ0) is 29.1. The van der Waals surface area contributed by atoms with Crippen molar-refractivity contribution < 1.29 is 36.3 Å². The lowest BCUT2D eigenvalue weighted by atomic mass is 9.96. The van der Waals surface area contributed by atoms with Crippen LogP contribution in [0.2, 0.25) is 0 Å². The molecule has 0 saturated carbocycles. The molecule has 2 aromatic carbocycles. The molecule has 2 aromatic heterocycles. The smallest absolute Gasteiger partial charge is 0.389 e. The van der Waals surface area contributed by atoms with E-state index >= 15 is 0 Å². The van der Waals surface area contributed by atoms with E-state index < -0.39 is 30.7 Å². The van der Waals surface area contributed by atoms with Crippen molar-refractivity contribution in [2.45, 2.75) is 37.9 Å². The molecule has 2 amide bonds. The molecule has 7 nitrogen and oxygen atoms in total. The number of nitrogens with zero attached hydrogens (tertiary/aromatic N) is 1. The quantitative estimate of drug-likeness (QED) is 0.264. The number of furan rings is 1. The Hall–Kier alpha value is -4.25. The number of aryl methyl sites for hydroxylation is 1. The van der Waals surface area contributed by atoms with Gasteiger partial charge in [-0.05, 0) is 67.3 Å².